The zero-order valence-electron chi connectivity index (χ0n) is 18.3. The zero-order valence-corrected chi connectivity index (χ0v) is 19.9. The summed E-state index contributed by atoms with van der Waals surface area (Å²) in [6, 6.07) is 12.5. The van der Waals surface area contributed by atoms with Crippen molar-refractivity contribution in [2.75, 3.05) is 24.7 Å². The second-order valence-electron chi connectivity index (χ2n) is 9.41. The van der Waals surface area contributed by atoms with Crippen LogP contribution in [-0.4, -0.2) is 41.6 Å². The summed E-state index contributed by atoms with van der Waals surface area (Å²) >= 11 is 7.49. The summed E-state index contributed by atoms with van der Waals surface area (Å²) in [4.78, 5) is 25.0. The van der Waals surface area contributed by atoms with Crippen molar-refractivity contribution < 1.29 is 9.53 Å². The molecule has 7 heteroatoms. The van der Waals surface area contributed by atoms with E-state index < -0.39 is 0 Å². The predicted octanol–water partition coefficient (Wildman–Crippen LogP) is 5.46. The topological polar surface area (TPSA) is 55.3 Å². The van der Waals surface area contributed by atoms with Gasteiger partial charge in [-0.3, -0.25) is 4.79 Å². The van der Waals surface area contributed by atoms with Crippen molar-refractivity contribution >= 4 is 33.9 Å². The standard InChI is InChI=1S/C25H26ClN3O2S/c1-25(2)12-20-23(21(30)13-25)32-24(28-20)29-8-9-31-15-19(29)11-16-4-3-5-17(10-16)18-6-7-22(26)27-14-18/h3-7,10,14,19H,8-9,11-13,15H2,1-2H3/t19-/m0/s1. The molecule has 3 aromatic rings. The van der Waals surface area contributed by atoms with Crippen LogP contribution in [0, 0.1) is 5.41 Å². The van der Waals surface area contributed by atoms with Crippen LogP contribution in [0.25, 0.3) is 11.1 Å². The van der Waals surface area contributed by atoms with E-state index in [1.807, 2.05) is 12.1 Å². The maximum absolute atomic E-state index is 12.7. The van der Waals surface area contributed by atoms with Gasteiger partial charge in [-0.05, 0) is 41.5 Å². The average Bonchev–Trinajstić information content (AvgIpc) is 3.18. The number of benzene rings is 1. The number of rotatable bonds is 4. The number of carbonyl (C=O) groups is 1. The van der Waals surface area contributed by atoms with Crippen molar-refractivity contribution in [3.05, 3.63) is 63.9 Å². The number of thiazole rings is 1. The molecule has 166 valence electrons. The summed E-state index contributed by atoms with van der Waals surface area (Å²) in [6.45, 7) is 6.41. The van der Waals surface area contributed by atoms with Gasteiger partial charge in [0.2, 0.25) is 0 Å². The van der Waals surface area contributed by atoms with Gasteiger partial charge < -0.3 is 9.64 Å². The number of fused-ring (bicyclic) bond motifs is 1. The van der Waals surface area contributed by atoms with Gasteiger partial charge >= 0.3 is 0 Å². The summed E-state index contributed by atoms with van der Waals surface area (Å²) in [5.74, 6) is 0.231. The van der Waals surface area contributed by atoms with E-state index in [1.165, 1.54) is 5.56 Å². The Morgan fingerprint density at radius 1 is 1.22 bits per heavy atom. The summed E-state index contributed by atoms with van der Waals surface area (Å²) in [5.41, 5.74) is 4.34. The molecule has 1 fully saturated rings. The molecule has 1 saturated heterocycles. The quantitative estimate of drug-likeness (QED) is 0.477. The van der Waals surface area contributed by atoms with Crippen LogP contribution < -0.4 is 4.90 Å². The SMILES string of the molecule is CC1(C)CC(=O)c2sc(N3CCOC[C@@H]3Cc3cccc(-c4ccc(Cl)nc4)c3)nc2C1. The average molecular weight is 468 g/mol. The minimum atomic E-state index is -0.0171. The molecule has 0 bridgehead atoms. The molecule has 0 radical (unpaired) electrons. The van der Waals surface area contributed by atoms with E-state index >= 15 is 0 Å². The van der Waals surface area contributed by atoms with E-state index in [1.54, 1.807) is 17.5 Å². The molecule has 5 nitrogen and oxygen atoms in total. The number of pyridine rings is 1. The largest absolute Gasteiger partial charge is 0.377 e. The highest BCUT2D eigenvalue weighted by Gasteiger charge is 2.36. The van der Waals surface area contributed by atoms with Crippen LogP contribution in [-0.2, 0) is 17.6 Å². The second-order valence-corrected chi connectivity index (χ2v) is 10.8. The first kappa shape index (κ1) is 21.6. The Bertz CT molecular complexity index is 1140. The number of anilines is 1. The van der Waals surface area contributed by atoms with E-state index in [9.17, 15) is 4.79 Å². The smallest absolute Gasteiger partial charge is 0.186 e. The third-order valence-corrected chi connectivity index (χ3v) is 7.56. The molecular formula is C25H26ClN3O2S. The molecule has 1 aliphatic carbocycles. The van der Waals surface area contributed by atoms with Gasteiger partial charge in [0, 0.05) is 24.7 Å². The molecule has 0 N–H and O–H groups in total. The third kappa shape index (κ3) is 4.45. The molecule has 3 heterocycles. The number of carbonyl (C=O) groups excluding carboxylic acids is 1. The van der Waals surface area contributed by atoms with E-state index in [0.717, 1.165) is 46.2 Å². The number of hydrogen-bond donors (Lipinski definition) is 0. The van der Waals surface area contributed by atoms with Crippen molar-refractivity contribution in [3.63, 3.8) is 0 Å². The molecule has 32 heavy (non-hydrogen) atoms. The van der Waals surface area contributed by atoms with Gasteiger partial charge in [-0.25, -0.2) is 9.97 Å². The summed E-state index contributed by atoms with van der Waals surface area (Å²) < 4.78 is 5.83. The summed E-state index contributed by atoms with van der Waals surface area (Å²) in [6.07, 6.45) is 4.10. The van der Waals surface area contributed by atoms with Gasteiger partial charge in [-0.1, -0.05) is 61.1 Å². The predicted molar refractivity (Wildman–Crippen MR) is 129 cm³/mol. The maximum atomic E-state index is 12.7. The van der Waals surface area contributed by atoms with E-state index in [4.69, 9.17) is 21.3 Å². The zero-order chi connectivity index (χ0) is 22.3. The monoisotopic (exact) mass is 467 g/mol. The summed E-state index contributed by atoms with van der Waals surface area (Å²) in [5, 5.41) is 1.44. The first-order valence-electron chi connectivity index (χ1n) is 11.0. The van der Waals surface area contributed by atoms with Gasteiger partial charge in [0.15, 0.2) is 10.9 Å². The lowest BCUT2D eigenvalue weighted by atomic mass is 9.78. The van der Waals surface area contributed by atoms with Gasteiger partial charge in [-0.15, -0.1) is 0 Å². The normalized spacial score (nSPS) is 20.3. The number of aromatic nitrogens is 2. The first-order valence-corrected chi connectivity index (χ1v) is 12.2. The Balaban J connectivity index is 1.39. The molecule has 0 amide bonds. The lowest BCUT2D eigenvalue weighted by Crippen LogP contribution is -2.46. The number of nitrogens with zero attached hydrogens (tertiary/aromatic N) is 3. The number of ketones is 1. The Hall–Kier alpha value is -2.28. The molecular weight excluding hydrogens is 442 g/mol. The van der Waals surface area contributed by atoms with Crippen LogP contribution in [0.2, 0.25) is 5.15 Å². The number of ether oxygens (including phenoxy) is 1. The Morgan fingerprint density at radius 2 is 2.09 bits per heavy atom. The fourth-order valence-electron chi connectivity index (χ4n) is 4.60. The van der Waals surface area contributed by atoms with Gasteiger partial charge in [0.05, 0.1) is 29.8 Å². The fraction of sp³-hybridized carbons (Fsp3) is 0.400. The van der Waals surface area contributed by atoms with Gasteiger partial charge in [0.25, 0.3) is 0 Å². The number of Topliss-reactive ketones (excluding diaryl/α,β-unsaturated/α-hetero) is 1. The summed E-state index contributed by atoms with van der Waals surface area (Å²) in [7, 11) is 0. The Labute approximate surface area is 197 Å². The van der Waals surface area contributed by atoms with Crippen LogP contribution in [0.1, 0.15) is 41.2 Å². The molecule has 0 spiro atoms. The highest BCUT2D eigenvalue weighted by Crippen LogP contribution is 2.40. The molecule has 5 rings (SSSR count). The van der Waals surface area contributed by atoms with Crippen molar-refractivity contribution in [2.45, 2.75) is 39.2 Å². The highest BCUT2D eigenvalue weighted by atomic mass is 35.5. The van der Waals surface area contributed by atoms with E-state index in [0.29, 0.717) is 24.8 Å². The second kappa shape index (κ2) is 8.58. The molecule has 2 aliphatic rings. The third-order valence-electron chi connectivity index (χ3n) is 6.16. The van der Waals surface area contributed by atoms with Gasteiger partial charge in [-0.2, -0.15) is 0 Å². The Kier molecular flexibility index (Phi) is 5.78. The van der Waals surface area contributed by atoms with E-state index in [2.05, 4.69) is 48.0 Å². The van der Waals surface area contributed by atoms with Crippen LogP contribution in [0.15, 0.2) is 42.6 Å². The number of halogens is 1. The Morgan fingerprint density at radius 3 is 2.91 bits per heavy atom. The van der Waals surface area contributed by atoms with Crippen molar-refractivity contribution in [2.24, 2.45) is 5.41 Å². The van der Waals surface area contributed by atoms with Crippen LogP contribution >= 0.6 is 22.9 Å². The van der Waals surface area contributed by atoms with Crippen LogP contribution in [0.3, 0.4) is 0 Å². The molecule has 1 aliphatic heterocycles. The molecule has 0 saturated carbocycles. The molecule has 0 unspecified atom stereocenters. The van der Waals surface area contributed by atoms with Crippen LogP contribution in [0.4, 0.5) is 5.13 Å². The van der Waals surface area contributed by atoms with Crippen LogP contribution in [0.5, 0.6) is 0 Å². The van der Waals surface area contributed by atoms with Crippen molar-refractivity contribution in [3.8, 4) is 11.1 Å². The minimum absolute atomic E-state index is 0.0171. The number of morpholine rings is 1. The lowest BCUT2D eigenvalue weighted by Gasteiger charge is -2.35. The maximum Gasteiger partial charge on any atom is 0.186 e. The highest BCUT2D eigenvalue weighted by molar-refractivity contribution is 7.17. The van der Waals surface area contributed by atoms with E-state index in [-0.39, 0.29) is 17.2 Å². The van der Waals surface area contributed by atoms with Gasteiger partial charge in [0.1, 0.15) is 5.15 Å². The minimum Gasteiger partial charge on any atom is -0.377 e. The number of hydrogen-bond acceptors (Lipinski definition) is 6. The molecule has 1 aromatic carbocycles. The molecule has 1 atom stereocenters. The molecule has 2 aromatic heterocycles. The fourth-order valence-corrected chi connectivity index (χ4v) is 5.83. The lowest BCUT2D eigenvalue weighted by molar-refractivity contribution is 0.0915. The first-order chi connectivity index (χ1) is 15.4. The van der Waals surface area contributed by atoms with Crippen molar-refractivity contribution in [1.29, 1.82) is 0 Å². The van der Waals surface area contributed by atoms with Crippen molar-refractivity contribution in [1.82, 2.24) is 9.97 Å².